The van der Waals surface area contributed by atoms with Crippen LogP contribution in [0.4, 0.5) is 0 Å². The fraction of sp³-hybridized carbons (Fsp3) is 0.350. The Morgan fingerprint density at radius 1 is 1.26 bits per heavy atom. The Balaban J connectivity index is 0.00000210. The summed E-state index contributed by atoms with van der Waals surface area (Å²) in [6, 6.07) is 13.1. The first-order valence-electron chi connectivity index (χ1n) is 8.90. The highest BCUT2D eigenvalue weighted by Crippen LogP contribution is 2.33. The highest BCUT2D eigenvalue weighted by molar-refractivity contribution is 7.15. The number of nitrogens with zero attached hydrogens (tertiary/aromatic N) is 3. The largest absolute Gasteiger partial charge is 0.496 e. The van der Waals surface area contributed by atoms with Gasteiger partial charge in [0.05, 0.1) is 19.3 Å². The molecule has 1 saturated heterocycles. The molecule has 0 amide bonds. The third-order valence-electron chi connectivity index (χ3n) is 4.86. The van der Waals surface area contributed by atoms with E-state index in [1.54, 1.807) is 7.11 Å². The van der Waals surface area contributed by atoms with Crippen molar-refractivity contribution < 1.29 is 4.74 Å². The van der Waals surface area contributed by atoms with Crippen LogP contribution in [-0.2, 0) is 13.6 Å². The molecular weight excluding hydrogens is 380 g/mol. The number of halogens is 1. The van der Waals surface area contributed by atoms with E-state index in [0.717, 1.165) is 31.9 Å². The molecule has 7 heteroatoms. The minimum atomic E-state index is 0. The minimum absolute atomic E-state index is 0. The van der Waals surface area contributed by atoms with Gasteiger partial charge in [-0.1, -0.05) is 18.2 Å². The van der Waals surface area contributed by atoms with Crippen LogP contribution in [0, 0.1) is 0 Å². The van der Waals surface area contributed by atoms with Gasteiger partial charge in [-0.2, -0.15) is 5.10 Å². The number of hydrogen-bond donors (Lipinski definition) is 1. The number of ether oxygens (including phenoxy) is 1. The molecule has 27 heavy (non-hydrogen) atoms. The SMILES string of the molecule is COc1ccccc1C1CNCCN1Cc1ccc(-c2cnn(C)c2)s1.Cl. The summed E-state index contributed by atoms with van der Waals surface area (Å²) < 4.78 is 7.45. The molecule has 4 rings (SSSR count). The molecule has 3 heterocycles. The van der Waals surface area contributed by atoms with E-state index in [0.29, 0.717) is 6.04 Å². The van der Waals surface area contributed by atoms with E-state index in [2.05, 4.69) is 45.8 Å². The number of aromatic nitrogens is 2. The molecule has 0 spiro atoms. The number of para-hydroxylation sites is 1. The summed E-state index contributed by atoms with van der Waals surface area (Å²) >= 11 is 1.85. The van der Waals surface area contributed by atoms with Gasteiger partial charge in [0.1, 0.15) is 5.75 Å². The minimum Gasteiger partial charge on any atom is -0.496 e. The maximum Gasteiger partial charge on any atom is 0.123 e. The maximum atomic E-state index is 5.60. The van der Waals surface area contributed by atoms with E-state index in [1.807, 2.05) is 41.4 Å². The van der Waals surface area contributed by atoms with Crippen molar-refractivity contribution in [2.45, 2.75) is 12.6 Å². The van der Waals surface area contributed by atoms with Gasteiger partial charge in [0, 0.05) is 60.3 Å². The Morgan fingerprint density at radius 3 is 2.89 bits per heavy atom. The molecular formula is C20H25ClN4OS. The van der Waals surface area contributed by atoms with Crippen LogP contribution in [0.2, 0.25) is 0 Å². The van der Waals surface area contributed by atoms with Crippen molar-refractivity contribution >= 4 is 23.7 Å². The number of rotatable bonds is 5. The van der Waals surface area contributed by atoms with Crippen molar-refractivity contribution in [2.75, 3.05) is 26.7 Å². The fourth-order valence-corrected chi connectivity index (χ4v) is 4.56. The van der Waals surface area contributed by atoms with Gasteiger partial charge in [-0.25, -0.2) is 0 Å². The van der Waals surface area contributed by atoms with Crippen LogP contribution in [0.5, 0.6) is 5.75 Å². The third kappa shape index (κ3) is 4.35. The number of aryl methyl sites for hydroxylation is 1. The Morgan fingerprint density at radius 2 is 2.11 bits per heavy atom. The van der Waals surface area contributed by atoms with Crippen LogP contribution in [0.15, 0.2) is 48.8 Å². The first-order chi connectivity index (χ1) is 12.7. The Labute approximate surface area is 170 Å². The smallest absolute Gasteiger partial charge is 0.123 e. The maximum absolute atomic E-state index is 5.60. The molecule has 1 aromatic carbocycles. The van der Waals surface area contributed by atoms with Crippen molar-refractivity contribution in [1.82, 2.24) is 20.0 Å². The second kappa shape index (κ2) is 8.89. The zero-order chi connectivity index (χ0) is 17.9. The van der Waals surface area contributed by atoms with Gasteiger partial charge >= 0.3 is 0 Å². The average molecular weight is 405 g/mol. The lowest BCUT2D eigenvalue weighted by Crippen LogP contribution is -2.45. The number of thiophene rings is 1. The van der Waals surface area contributed by atoms with Crippen molar-refractivity contribution in [1.29, 1.82) is 0 Å². The molecule has 5 nitrogen and oxygen atoms in total. The van der Waals surface area contributed by atoms with Crippen LogP contribution >= 0.6 is 23.7 Å². The summed E-state index contributed by atoms with van der Waals surface area (Å²) in [6.07, 6.45) is 4.00. The molecule has 1 unspecified atom stereocenters. The van der Waals surface area contributed by atoms with Crippen LogP contribution in [0.3, 0.4) is 0 Å². The van der Waals surface area contributed by atoms with Crippen molar-refractivity contribution in [3.05, 3.63) is 59.2 Å². The summed E-state index contributed by atoms with van der Waals surface area (Å²) in [5.74, 6) is 0.966. The van der Waals surface area contributed by atoms with Crippen LogP contribution in [-0.4, -0.2) is 41.4 Å². The number of nitrogens with one attached hydrogen (secondary N) is 1. The molecule has 3 aromatic rings. The lowest BCUT2D eigenvalue weighted by atomic mass is 10.0. The number of piperazine rings is 1. The fourth-order valence-electron chi connectivity index (χ4n) is 3.55. The molecule has 1 fully saturated rings. The quantitative estimate of drug-likeness (QED) is 0.703. The highest BCUT2D eigenvalue weighted by Gasteiger charge is 2.26. The number of methoxy groups -OCH3 is 1. The summed E-state index contributed by atoms with van der Waals surface area (Å²) in [5.41, 5.74) is 2.44. The number of benzene rings is 1. The van der Waals surface area contributed by atoms with Gasteiger partial charge in [-0.3, -0.25) is 9.58 Å². The Kier molecular flexibility index (Phi) is 6.55. The lowest BCUT2D eigenvalue weighted by Gasteiger charge is -2.36. The third-order valence-corrected chi connectivity index (χ3v) is 5.98. The normalized spacial score (nSPS) is 17.5. The van der Waals surface area contributed by atoms with E-state index < -0.39 is 0 Å². The predicted octanol–water partition coefficient (Wildman–Crippen LogP) is 3.73. The first kappa shape index (κ1) is 19.9. The second-order valence-electron chi connectivity index (χ2n) is 6.60. The molecule has 1 aliphatic heterocycles. The molecule has 1 atom stereocenters. The number of hydrogen-bond acceptors (Lipinski definition) is 5. The van der Waals surface area contributed by atoms with E-state index in [9.17, 15) is 0 Å². The second-order valence-corrected chi connectivity index (χ2v) is 7.77. The van der Waals surface area contributed by atoms with E-state index in [4.69, 9.17) is 4.74 Å². The molecule has 1 aliphatic rings. The van der Waals surface area contributed by atoms with Crippen molar-refractivity contribution in [2.24, 2.45) is 7.05 Å². The first-order valence-corrected chi connectivity index (χ1v) is 9.71. The average Bonchev–Trinajstić information content (AvgIpc) is 3.31. The summed E-state index contributed by atoms with van der Waals surface area (Å²) in [4.78, 5) is 5.20. The topological polar surface area (TPSA) is 42.3 Å². The van der Waals surface area contributed by atoms with E-state index in [-0.39, 0.29) is 12.4 Å². The van der Waals surface area contributed by atoms with Crippen molar-refractivity contribution in [3.63, 3.8) is 0 Å². The standard InChI is InChI=1S/C20H24N4OS.ClH/c1-23-13-15(11-22-23)20-8-7-16(26-20)14-24-10-9-21-12-18(24)17-5-3-4-6-19(17)25-2;/h3-8,11,13,18,21H,9-10,12,14H2,1-2H3;1H. The molecule has 1 N–H and O–H groups in total. The Hall–Kier alpha value is -1.86. The summed E-state index contributed by atoms with van der Waals surface area (Å²) in [6.45, 7) is 3.95. The molecule has 2 aromatic heterocycles. The zero-order valence-corrected chi connectivity index (χ0v) is 17.2. The van der Waals surface area contributed by atoms with Gasteiger partial charge in [0.2, 0.25) is 0 Å². The van der Waals surface area contributed by atoms with Crippen LogP contribution in [0.1, 0.15) is 16.5 Å². The van der Waals surface area contributed by atoms with E-state index in [1.165, 1.54) is 20.9 Å². The monoisotopic (exact) mass is 404 g/mol. The van der Waals surface area contributed by atoms with Crippen LogP contribution in [0.25, 0.3) is 10.4 Å². The highest BCUT2D eigenvalue weighted by atomic mass is 35.5. The van der Waals surface area contributed by atoms with E-state index >= 15 is 0 Å². The van der Waals surface area contributed by atoms with Gasteiger partial charge in [-0.15, -0.1) is 23.7 Å². The van der Waals surface area contributed by atoms with Gasteiger partial charge < -0.3 is 10.1 Å². The van der Waals surface area contributed by atoms with Crippen LogP contribution < -0.4 is 10.1 Å². The molecule has 0 aliphatic carbocycles. The molecule has 0 radical (unpaired) electrons. The molecule has 0 saturated carbocycles. The molecule has 144 valence electrons. The lowest BCUT2D eigenvalue weighted by molar-refractivity contribution is 0.152. The van der Waals surface area contributed by atoms with Gasteiger partial charge in [-0.05, 0) is 18.2 Å². The summed E-state index contributed by atoms with van der Waals surface area (Å²) in [5, 5.41) is 7.81. The van der Waals surface area contributed by atoms with Crippen molar-refractivity contribution in [3.8, 4) is 16.2 Å². The predicted molar refractivity (Wildman–Crippen MR) is 113 cm³/mol. The summed E-state index contributed by atoms with van der Waals surface area (Å²) in [7, 11) is 3.70. The van der Waals surface area contributed by atoms with Gasteiger partial charge in [0.15, 0.2) is 0 Å². The van der Waals surface area contributed by atoms with Gasteiger partial charge in [0.25, 0.3) is 0 Å². The molecule has 0 bridgehead atoms. The zero-order valence-electron chi connectivity index (χ0n) is 15.6. The Bertz CT molecular complexity index is 878.